The molecule has 3 nitrogen and oxygen atoms in total. The van der Waals surface area contributed by atoms with Crippen molar-refractivity contribution < 1.29 is 5.11 Å². The molecule has 0 saturated heterocycles. The average Bonchev–Trinajstić information content (AvgIpc) is 3.11. The number of nitrogens with one attached hydrogen (secondary N) is 1. The molecule has 4 aromatic carbocycles. The van der Waals surface area contributed by atoms with Crippen LogP contribution in [-0.2, 0) is 20.0 Å². The molecule has 30 heavy (non-hydrogen) atoms. The van der Waals surface area contributed by atoms with Gasteiger partial charge in [-0.15, -0.1) is 0 Å². The van der Waals surface area contributed by atoms with E-state index in [0.717, 1.165) is 13.0 Å². The summed E-state index contributed by atoms with van der Waals surface area (Å²) in [5.41, 5.74) is 3.78. The summed E-state index contributed by atoms with van der Waals surface area (Å²) in [4.78, 5) is 0. The number of rotatable bonds is 6. The van der Waals surface area contributed by atoms with Crippen molar-refractivity contribution in [1.82, 2.24) is 9.88 Å². The number of benzene rings is 4. The van der Waals surface area contributed by atoms with E-state index in [0.29, 0.717) is 0 Å². The van der Waals surface area contributed by atoms with Crippen LogP contribution < -0.4 is 5.32 Å². The van der Waals surface area contributed by atoms with Crippen molar-refractivity contribution >= 4 is 32.4 Å². The van der Waals surface area contributed by atoms with Crippen LogP contribution in [0.1, 0.15) is 11.1 Å². The van der Waals surface area contributed by atoms with Gasteiger partial charge in [-0.2, -0.15) is 0 Å². The Morgan fingerprint density at radius 1 is 0.833 bits per heavy atom. The van der Waals surface area contributed by atoms with Gasteiger partial charge in [-0.25, -0.2) is 0 Å². The van der Waals surface area contributed by atoms with Gasteiger partial charge in [0.05, 0.1) is 6.61 Å². The van der Waals surface area contributed by atoms with Gasteiger partial charge < -0.3 is 15.0 Å². The van der Waals surface area contributed by atoms with E-state index in [2.05, 4.69) is 102 Å². The molecule has 0 aliphatic carbocycles. The summed E-state index contributed by atoms with van der Waals surface area (Å²) in [6.07, 6.45) is 2.98. The summed E-state index contributed by atoms with van der Waals surface area (Å²) < 4.78 is 2.16. The molecule has 2 N–H and O–H groups in total. The summed E-state index contributed by atoms with van der Waals surface area (Å²) in [5, 5.41) is 20.0. The summed E-state index contributed by atoms with van der Waals surface area (Å²) in [6, 6.07) is 27.8. The number of hydrogen-bond donors (Lipinski definition) is 2. The fourth-order valence-electron chi connectivity index (χ4n) is 4.60. The maximum Gasteiger partial charge on any atom is 0.0588 e. The molecule has 1 aromatic heterocycles. The number of aromatic nitrogens is 1. The Morgan fingerprint density at radius 3 is 2.10 bits per heavy atom. The van der Waals surface area contributed by atoms with Gasteiger partial charge in [0.25, 0.3) is 0 Å². The SMILES string of the molecule is Cn1cc(C[C@@H](CO)NCc2c3ccccc3cc3ccccc23)c2ccccc21. The van der Waals surface area contributed by atoms with Crippen molar-refractivity contribution in [1.29, 1.82) is 0 Å². The Kier molecular flexibility index (Phi) is 4.99. The van der Waals surface area contributed by atoms with Gasteiger partial charge >= 0.3 is 0 Å². The molecule has 0 fully saturated rings. The van der Waals surface area contributed by atoms with E-state index in [9.17, 15) is 5.11 Å². The molecule has 0 saturated carbocycles. The predicted molar refractivity (Wildman–Crippen MR) is 126 cm³/mol. The third-order valence-corrected chi connectivity index (χ3v) is 6.12. The highest BCUT2D eigenvalue weighted by atomic mass is 16.3. The molecule has 1 heterocycles. The highest BCUT2D eigenvalue weighted by molar-refractivity contribution is 6.02. The zero-order valence-electron chi connectivity index (χ0n) is 17.2. The van der Waals surface area contributed by atoms with Crippen molar-refractivity contribution in [3.63, 3.8) is 0 Å². The maximum absolute atomic E-state index is 10.1. The van der Waals surface area contributed by atoms with Crippen LogP contribution >= 0.6 is 0 Å². The van der Waals surface area contributed by atoms with Crippen molar-refractivity contribution in [2.45, 2.75) is 19.0 Å². The average molecular weight is 395 g/mol. The van der Waals surface area contributed by atoms with Crippen LogP contribution in [-0.4, -0.2) is 22.3 Å². The fraction of sp³-hybridized carbons (Fsp3) is 0.185. The zero-order chi connectivity index (χ0) is 20.5. The smallest absolute Gasteiger partial charge is 0.0588 e. The summed E-state index contributed by atoms with van der Waals surface area (Å²) in [6.45, 7) is 0.823. The molecule has 0 bridgehead atoms. The predicted octanol–water partition coefficient (Wildman–Crippen LogP) is 5.18. The van der Waals surface area contributed by atoms with Gasteiger partial charge in [0, 0.05) is 36.7 Å². The molecular weight excluding hydrogens is 368 g/mol. The van der Waals surface area contributed by atoms with Crippen molar-refractivity contribution in [2.75, 3.05) is 6.61 Å². The summed E-state index contributed by atoms with van der Waals surface area (Å²) in [5.74, 6) is 0. The molecule has 0 amide bonds. The first-order valence-electron chi connectivity index (χ1n) is 10.5. The number of aliphatic hydroxyl groups excluding tert-OH is 1. The van der Waals surface area contributed by atoms with Crippen molar-refractivity contribution in [3.05, 3.63) is 96.2 Å². The Bertz CT molecular complexity index is 1280. The van der Waals surface area contributed by atoms with Crippen LogP contribution in [0.4, 0.5) is 0 Å². The second kappa shape index (κ2) is 7.94. The van der Waals surface area contributed by atoms with E-state index >= 15 is 0 Å². The Balaban J connectivity index is 1.46. The number of aryl methyl sites for hydroxylation is 1. The summed E-state index contributed by atoms with van der Waals surface area (Å²) in [7, 11) is 2.08. The van der Waals surface area contributed by atoms with Crippen LogP contribution in [0.15, 0.2) is 85.1 Å². The van der Waals surface area contributed by atoms with Gasteiger partial charge in [0.15, 0.2) is 0 Å². The monoisotopic (exact) mass is 394 g/mol. The van der Waals surface area contributed by atoms with Gasteiger partial charge in [-0.3, -0.25) is 0 Å². The van der Waals surface area contributed by atoms with Gasteiger partial charge in [0.2, 0.25) is 0 Å². The lowest BCUT2D eigenvalue weighted by atomic mass is 9.96. The van der Waals surface area contributed by atoms with Crippen LogP contribution in [0.25, 0.3) is 32.4 Å². The number of aliphatic hydroxyl groups is 1. The van der Waals surface area contributed by atoms with Crippen LogP contribution in [0.2, 0.25) is 0 Å². The van der Waals surface area contributed by atoms with Crippen LogP contribution in [0.3, 0.4) is 0 Å². The third-order valence-electron chi connectivity index (χ3n) is 6.12. The van der Waals surface area contributed by atoms with E-state index < -0.39 is 0 Å². The molecular formula is C27H26N2O. The van der Waals surface area contributed by atoms with Gasteiger partial charge in [0.1, 0.15) is 0 Å². The minimum atomic E-state index is -0.00598. The second-order valence-electron chi connectivity index (χ2n) is 8.04. The molecule has 5 rings (SSSR count). The first-order valence-corrected chi connectivity index (χ1v) is 10.5. The minimum Gasteiger partial charge on any atom is -0.395 e. The number of nitrogens with zero attached hydrogens (tertiary/aromatic N) is 1. The fourth-order valence-corrected chi connectivity index (χ4v) is 4.60. The van der Waals surface area contributed by atoms with Crippen molar-refractivity contribution in [3.8, 4) is 0 Å². The highest BCUT2D eigenvalue weighted by Crippen LogP contribution is 2.29. The largest absolute Gasteiger partial charge is 0.395 e. The number of hydrogen-bond acceptors (Lipinski definition) is 2. The quantitative estimate of drug-likeness (QED) is 0.390. The minimum absolute atomic E-state index is 0.00598. The lowest BCUT2D eigenvalue weighted by Crippen LogP contribution is -2.34. The summed E-state index contributed by atoms with van der Waals surface area (Å²) >= 11 is 0. The molecule has 0 radical (unpaired) electrons. The second-order valence-corrected chi connectivity index (χ2v) is 8.04. The maximum atomic E-state index is 10.1. The molecule has 1 atom stereocenters. The Labute approximate surface area is 176 Å². The molecule has 150 valence electrons. The lowest BCUT2D eigenvalue weighted by Gasteiger charge is -2.18. The van der Waals surface area contributed by atoms with Crippen molar-refractivity contribution in [2.24, 2.45) is 7.05 Å². The Morgan fingerprint density at radius 2 is 1.43 bits per heavy atom. The van der Waals surface area contributed by atoms with Crippen LogP contribution in [0, 0.1) is 0 Å². The zero-order valence-corrected chi connectivity index (χ0v) is 17.2. The topological polar surface area (TPSA) is 37.2 Å². The molecule has 5 aromatic rings. The lowest BCUT2D eigenvalue weighted by molar-refractivity contribution is 0.241. The van der Waals surface area contributed by atoms with E-state index in [1.807, 2.05) is 0 Å². The van der Waals surface area contributed by atoms with E-state index in [-0.39, 0.29) is 12.6 Å². The highest BCUT2D eigenvalue weighted by Gasteiger charge is 2.14. The van der Waals surface area contributed by atoms with Gasteiger partial charge in [-0.1, -0.05) is 66.7 Å². The molecule has 0 spiro atoms. The Hall–Kier alpha value is -3.14. The molecule has 0 aliphatic heterocycles. The molecule has 0 unspecified atom stereocenters. The van der Waals surface area contributed by atoms with E-state index in [1.54, 1.807) is 0 Å². The first kappa shape index (κ1) is 18.9. The number of para-hydroxylation sites is 1. The normalized spacial score (nSPS) is 12.7. The number of fused-ring (bicyclic) bond motifs is 3. The van der Waals surface area contributed by atoms with Gasteiger partial charge in [-0.05, 0) is 51.2 Å². The molecule has 0 aliphatic rings. The van der Waals surface area contributed by atoms with Crippen LogP contribution in [0.5, 0.6) is 0 Å². The van der Waals surface area contributed by atoms with E-state index in [1.165, 1.54) is 43.6 Å². The standard InChI is InChI=1S/C27H26N2O/c1-29-17-21(25-12-6-7-13-27(25)29)15-22(18-30)28-16-26-23-10-4-2-8-19(23)14-20-9-3-5-11-24(20)26/h2-14,17,22,28,30H,15-16,18H2,1H3/t22-/m0/s1. The van der Waals surface area contributed by atoms with E-state index in [4.69, 9.17) is 0 Å². The first-order chi connectivity index (χ1) is 14.7. The molecule has 3 heteroatoms. The third kappa shape index (κ3) is 3.36.